The van der Waals surface area contributed by atoms with Crippen molar-refractivity contribution in [3.63, 3.8) is 0 Å². The van der Waals surface area contributed by atoms with Gasteiger partial charge in [0, 0.05) is 61.8 Å². The summed E-state index contributed by atoms with van der Waals surface area (Å²) in [6.07, 6.45) is 2.51. The molecule has 0 amide bonds. The van der Waals surface area contributed by atoms with Gasteiger partial charge in [0.15, 0.2) is 0 Å². The quantitative estimate of drug-likeness (QED) is 0.797. The first-order valence-corrected chi connectivity index (χ1v) is 10.4. The normalized spacial score (nSPS) is 23.2. The van der Waals surface area contributed by atoms with Crippen LogP contribution < -0.4 is 9.80 Å². The molecule has 150 valence electrons. The summed E-state index contributed by atoms with van der Waals surface area (Å²) >= 11 is 0. The first-order valence-electron chi connectivity index (χ1n) is 10.4. The molecule has 2 saturated heterocycles. The van der Waals surface area contributed by atoms with Crippen LogP contribution in [0.15, 0.2) is 18.5 Å². The highest BCUT2D eigenvalue weighted by Crippen LogP contribution is 2.37. The molecule has 2 unspecified atom stereocenters. The van der Waals surface area contributed by atoms with E-state index in [1.54, 1.807) is 6.33 Å². The summed E-state index contributed by atoms with van der Waals surface area (Å²) < 4.78 is 5.52. The maximum Gasteiger partial charge on any atom is 0.146 e. The Kier molecular flexibility index (Phi) is 4.59. The van der Waals surface area contributed by atoms with E-state index < -0.39 is 0 Å². The smallest absolute Gasteiger partial charge is 0.146 e. The van der Waals surface area contributed by atoms with Crippen molar-refractivity contribution in [3.05, 3.63) is 41.0 Å². The van der Waals surface area contributed by atoms with Crippen molar-refractivity contribution in [3.8, 4) is 6.07 Å². The predicted molar refractivity (Wildman–Crippen MR) is 110 cm³/mol. The van der Waals surface area contributed by atoms with Crippen LogP contribution in [0.25, 0.3) is 0 Å². The highest BCUT2D eigenvalue weighted by Gasteiger charge is 2.41. The fourth-order valence-electron chi connectivity index (χ4n) is 4.80. The van der Waals surface area contributed by atoms with Gasteiger partial charge in [-0.2, -0.15) is 5.26 Å². The third-order valence-corrected chi connectivity index (χ3v) is 6.41. The van der Waals surface area contributed by atoms with Crippen LogP contribution in [0.5, 0.6) is 0 Å². The van der Waals surface area contributed by atoms with Crippen LogP contribution in [0, 0.1) is 23.2 Å². The lowest BCUT2D eigenvalue weighted by Gasteiger charge is -2.25. The van der Waals surface area contributed by atoms with Crippen molar-refractivity contribution in [2.24, 2.45) is 11.8 Å². The molecule has 2 atom stereocenters. The Bertz CT molecular complexity index is 954. The summed E-state index contributed by atoms with van der Waals surface area (Å²) in [4.78, 5) is 18.5. The number of nitriles is 1. The van der Waals surface area contributed by atoms with Crippen molar-refractivity contribution in [2.45, 2.75) is 32.8 Å². The van der Waals surface area contributed by atoms with Gasteiger partial charge < -0.3 is 14.5 Å². The summed E-state index contributed by atoms with van der Waals surface area (Å²) in [7, 11) is 0. The van der Waals surface area contributed by atoms with Gasteiger partial charge in [0.2, 0.25) is 0 Å². The molecule has 7 heteroatoms. The predicted octanol–water partition coefficient (Wildman–Crippen LogP) is 2.51. The maximum absolute atomic E-state index is 9.66. The zero-order chi connectivity index (χ0) is 20.0. The van der Waals surface area contributed by atoms with Gasteiger partial charge in [0.1, 0.15) is 24.0 Å². The summed E-state index contributed by atoms with van der Waals surface area (Å²) in [6.45, 7) is 9.48. The molecule has 0 aromatic carbocycles. The number of ether oxygens (including phenoxy) is 1. The minimum absolute atomic E-state index is 0.402. The lowest BCUT2D eigenvalue weighted by molar-refractivity contribution is 0.109. The van der Waals surface area contributed by atoms with E-state index in [0.717, 1.165) is 61.2 Å². The van der Waals surface area contributed by atoms with E-state index in [2.05, 4.69) is 45.8 Å². The zero-order valence-corrected chi connectivity index (χ0v) is 17.0. The molecular formula is C22H26N6O. The van der Waals surface area contributed by atoms with Gasteiger partial charge in [-0.05, 0) is 12.0 Å². The summed E-state index contributed by atoms with van der Waals surface area (Å²) in [5.74, 6) is 3.44. The van der Waals surface area contributed by atoms with Crippen LogP contribution >= 0.6 is 0 Å². The molecule has 5 rings (SSSR count). The first kappa shape index (κ1) is 18.3. The van der Waals surface area contributed by atoms with Crippen LogP contribution in [-0.4, -0.2) is 47.7 Å². The number of hydrogen-bond donors (Lipinski definition) is 0. The van der Waals surface area contributed by atoms with Gasteiger partial charge >= 0.3 is 0 Å². The van der Waals surface area contributed by atoms with E-state index in [-0.39, 0.29) is 0 Å². The number of aromatic nitrogens is 3. The van der Waals surface area contributed by atoms with Crippen LogP contribution in [0.1, 0.15) is 42.3 Å². The van der Waals surface area contributed by atoms with E-state index in [9.17, 15) is 5.26 Å². The molecule has 0 N–H and O–H groups in total. The lowest BCUT2D eigenvalue weighted by Crippen LogP contribution is -2.30. The molecule has 29 heavy (non-hydrogen) atoms. The lowest BCUT2D eigenvalue weighted by atomic mass is 10.0. The number of nitrogens with zero attached hydrogens (tertiary/aromatic N) is 6. The number of rotatable bonds is 3. The van der Waals surface area contributed by atoms with Crippen LogP contribution in [0.2, 0.25) is 0 Å². The number of anilines is 2. The van der Waals surface area contributed by atoms with Crippen molar-refractivity contribution in [1.82, 2.24) is 15.0 Å². The molecule has 0 bridgehead atoms. The second kappa shape index (κ2) is 7.27. The third-order valence-electron chi connectivity index (χ3n) is 6.41. The fraction of sp³-hybridized carbons (Fsp3) is 0.545. The molecule has 7 nitrogen and oxygen atoms in total. The Balaban J connectivity index is 1.33. The molecule has 0 saturated carbocycles. The Morgan fingerprint density at radius 2 is 1.86 bits per heavy atom. The Hall–Kier alpha value is -2.72. The van der Waals surface area contributed by atoms with Crippen molar-refractivity contribution in [1.29, 1.82) is 5.26 Å². The van der Waals surface area contributed by atoms with Crippen molar-refractivity contribution in [2.75, 3.05) is 42.6 Å². The summed E-state index contributed by atoms with van der Waals surface area (Å²) in [5.41, 5.74) is 3.91. The summed E-state index contributed by atoms with van der Waals surface area (Å²) in [6, 6.07) is 6.46. The van der Waals surface area contributed by atoms with Gasteiger partial charge in [0.25, 0.3) is 0 Å². The molecule has 0 spiro atoms. The second-order valence-electron chi connectivity index (χ2n) is 8.67. The van der Waals surface area contributed by atoms with Crippen molar-refractivity contribution >= 4 is 11.6 Å². The van der Waals surface area contributed by atoms with Crippen molar-refractivity contribution < 1.29 is 4.74 Å². The van der Waals surface area contributed by atoms with Gasteiger partial charge in [0.05, 0.1) is 24.5 Å². The molecule has 5 heterocycles. The molecule has 0 aliphatic carbocycles. The van der Waals surface area contributed by atoms with Crippen LogP contribution in [-0.2, 0) is 17.8 Å². The SMILES string of the molecule is CC(C)c1cc(N2CC3CN(c4nc5c(cc4C#N)COCC5)CC3C2)ncn1. The minimum atomic E-state index is 0.402. The molecule has 2 aromatic heterocycles. The molecule has 3 aliphatic rings. The minimum Gasteiger partial charge on any atom is -0.376 e. The van der Waals surface area contributed by atoms with Gasteiger partial charge in [-0.15, -0.1) is 0 Å². The van der Waals surface area contributed by atoms with E-state index in [4.69, 9.17) is 9.72 Å². The van der Waals surface area contributed by atoms with Gasteiger partial charge in [-0.1, -0.05) is 13.8 Å². The average Bonchev–Trinajstić information content (AvgIpc) is 3.32. The average molecular weight is 390 g/mol. The molecule has 2 fully saturated rings. The summed E-state index contributed by atoms with van der Waals surface area (Å²) in [5, 5.41) is 9.66. The number of fused-ring (bicyclic) bond motifs is 2. The highest BCUT2D eigenvalue weighted by atomic mass is 16.5. The van der Waals surface area contributed by atoms with E-state index >= 15 is 0 Å². The standard InChI is InChI=1S/C22H26N6O/c1-14(2)20-6-21(25-13-24-20)27-8-17-10-28(11-18(17)9-27)22-15(7-23)5-16-12-29-4-3-19(16)26-22/h5-6,13-14,17-18H,3-4,8-12H2,1-2H3. The van der Waals surface area contributed by atoms with E-state index in [0.29, 0.717) is 36.5 Å². The van der Waals surface area contributed by atoms with Gasteiger partial charge in [-0.25, -0.2) is 15.0 Å². The highest BCUT2D eigenvalue weighted by molar-refractivity contribution is 5.57. The first-order chi connectivity index (χ1) is 14.1. The Morgan fingerprint density at radius 1 is 1.10 bits per heavy atom. The van der Waals surface area contributed by atoms with E-state index in [1.807, 2.05) is 6.07 Å². The Morgan fingerprint density at radius 3 is 2.59 bits per heavy atom. The third kappa shape index (κ3) is 3.32. The van der Waals surface area contributed by atoms with Gasteiger partial charge in [-0.3, -0.25) is 0 Å². The zero-order valence-electron chi connectivity index (χ0n) is 17.0. The molecule has 3 aliphatic heterocycles. The maximum atomic E-state index is 9.66. The molecule has 2 aromatic rings. The molecule has 0 radical (unpaired) electrons. The largest absolute Gasteiger partial charge is 0.376 e. The van der Waals surface area contributed by atoms with Crippen LogP contribution in [0.3, 0.4) is 0 Å². The monoisotopic (exact) mass is 390 g/mol. The van der Waals surface area contributed by atoms with Crippen LogP contribution in [0.4, 0.5) is 11.6 Å². The molecular weight excluding hydrogens is 364 g/mol. The Labute approximate surface area is 171 Å². The number of pyridine rings is 1. The fourth-order valence-corrected chi connectivity index (χ4v) is 4.80. The second-order valence-corrected chi connectivity index (χ2v) is 8.67. The van der Waals surface area contributed by atoms with E-state index in [1.165, 1.54) is 0 Å². The number of hydrogen-bond acceptors (Lipinski definition) is 7. The topological polar surface area (TPSA) is 78.2 Å².